The van der Waals surface area contributed by atoms with Crippen molar-refractivity contribution in [3.63, 3.8) is 0 Å². The highest BCUT2D eigenvalue weighted by Gasteiger charge is 2.01. The lowest BCUT2D eigenvalue weighted by Crippen LogP contribution is -2.11. The Balaban J connectivity index is 2.97. The van der Waals surface area contributed by atoms with Gasteiger partial charge in [0.2, 0.25) is 0 Å². The molecule has 0 spiro atoms. The molecular formula is C7H10N2. The second-order valence-corrected chi connectivity index (χ2v) is 2.16. The van der Waals surface area contributed by atoms with E-state index in [0.717, 1.165) is 5.70 Å². The minimum Gasteiger partial charge on any atom is -0.279 e. The molecule has 2 nitrogen and oxygen atoms in total. The Morgan fingerprint density at radius 2 is 2.22 bits per heavy atom. The van der Waals surface area contributed by atoms with Crippen molar-refractivity contribution < 1.29 is 0 Å². The lowest BCUT2D eigenvalue weighted by atomic mass is 10.1. The predicted octanol–water partition coefficient (Wildman–Crippen LogP) is 1.43. The Hall–Kier alpha value is -1.05. The maximum absolute atomic E-state index is 3.86. The molecule has 0 aliphatic carbocycles. The summed E-state index contributed by atoms with van der Waals surface area (Å²) < 4.78 is 0. The first-order valence-corrected chi connectivity index (χ1v) is 2.87. The van der Waals surface area contributed by atoms with Crippen LogP contribution < -0.4 is 5.43 Å². The smallest absolute Gasteiger partial charge is 0.0522 e. The van der Waals surface area contributed by atoms with Gasteiger partial charge in [0.25, 0.3) is 0 Å². The van der Waals surface area contributed by atoms with Crippen LogP contribution in [0.3, 0.4) is 0 Å². The Bertz CT molecular complexity index is 199. The van der Waals surface area contributed by atoms with Crippen molar-refractivity contribution in [1.82, 2.24) is 5.43 Å². The van der Waals surface area contributed by atoms with Gasteiger partial charge in [-0.05, 0) is 25.0 Å². The summed E-state index contributed by atoms with van der Waals surface area (Å²) in [5.74, 6) is 0. The second-order valence-electron chi connectivity index (χ2n) is 2.16. The van der Waals surface area contributed by atoms with Crippen molar-refractivity contribution in [2.75, 3.05) is 0 Å². The van der Waals surface area contributed by atoms with Gasteiger partial charge in [-0.3, -0.25) is 5.43 Å². The molecule has 0 unspecified atom stereocenters. The van der Waals surface area contributed by atoms with Gasteiger partial charge in [-0.1, -0.05) is 6.58 Å². The minimum atomic E-state index is 0.898. The van der Waals surface area contributed by atoms with Crippen molar-refractivity contribution >= 4 is 6.21 Å². The molecule has 1 aliphatic rings. The Kier molecular flexibility index (Phi) is 1.39. The van der Waals surface area contributed by atoms with Crippen LogP contribution in [-0.4, -0.2) is 6.21 Å². The van der Waals surface area contributed by atoms with Crippen molar-refractivity contribution in [1.29, 1.82) is 0 Å². The number of nitrogens with zero attached hydrogens (tertiary/aromatic N) is 1. The van der Waals surface area contributed by atoms with E-state index in [1.165, 1.54) is 11.1 Å². The highest BCUT2D eigenvalue weighted by atomic mass is 15.3. The van der Waals surface area contributed by atoms with E-state index in [-0.39, 0.29) is 0 Å². The molecule has 0 saturated carbocycles. The summed E-state index contributed by atoms with van der Waals surface area (Å²) in [5.41, 5.74) is 6.04. The number of hydrogen-bond donors (Lipinski definition) is 1. The number of allylic oxidation sites excluding steroid dienone is 2. The summed E-state index contributed by atoms with van der Waals surface area (Å²) in [6.45, 7) is 7.81. The van der Waals surface area contributed by atoms with Crippen LogP contribution >= 0.6 is 0 Å². The van der Waals surface area contributed by atoms with Gasteiger partial charge >= 0.3 is 0 Å². The SMILES string of the molecule is C=C1NN=CC(C)=C1C. The summed E-state index contributed by atoms with van der Waals surface area (Å²) in [5, 5.41) is 3.86. The van der Waals surface area contributed by atoms with Crippen LogP contribution in [0.5, 0.6) is 0 Å². The lowest BCUT2D eigenvalue weighted by molar-refractivity contribution is 0.888. The van der Waals surface area contributed by atoms with Crippen LogP contribution in [0.2, 0.25) is 0 Å². The fraction of sp³-hybridized carbons (Fsp3) is 0.286. The third kappa shape index (κ3) is 1.02. The average Bonchev–Trinajstić information content (AvgIpc) is 1.83. The fourth-order valence-electron chi connectivity index (χ4n) is 0.626. The molecule has 0 fully saturated rings. The average molecular weight is 122 g/mol. The molecule has 0 saturated heterocycles. The molecule has 9 heavy (non-hydrogen) atoms. The maximum Gasteiger partial charge on any atom is 0.0522 e. The van der Waals surface area contributed by atoms with Gasteiger partial charge in [-0.25, -0.2) is 0 Å². The molecule has 0 bridgehead atoms. The normalized spacial score (nSPS) is 18.2. The Morgan fingerprint density at radius 1 is 1.56 bits per heavy atom. The molecular weight excluding hydrogens is 112 g/mol. The second kappa shape index (κ2) is 2.05. The summed E-state index contributed by atoms with van der Waals surface area (Å²) in [6.07, 6.45) is 1.80. The Labute approximate surface area is 55.0 Å². The van der Waals surface area contributed by atoms with E-state index in [1.807, 2.05) is 13.8 Å². The first kappa shape index (κ1) is 6.08. The van der Waals surface area contributed by atoms with Gasteiger partial charge in [-0.2, -0.15) is 5.10 Å². The lowest BCUT2D eigenvalue weighted by Gasteiger charge is -2.11. The van der Waals surface area contributed by atoms with E-state index in [2.05, 4.69) is 17.1 Å². The van der Waals surface area contributed by atoms with Crippen LogP contribution in [0.15, 0.2) is 28.5 Å². The van der Waals surface area contributed by atoms with E-state index in [9.17, 15) is 0 Å². The molecule has 1 aliphatic heterocycles. The zero-order valence-corrected chi connectivity index (χ0v) is 5.73. The summed E-state index contributed by atoms with van der Waals surface area (Å²) in [7, 11) is 0. The van der Waals surface area contributed by atoms with Crippen molar-refractivity contribution in [3.05, 3.63) is 23.4 Å². The molecule has 1 N–H and O–H groups in total. The molecule has 48 valence electrons. The third-order valence-electron chi connectivity index (χ3n) is 1.50. The molecule has 1 rings (SSSR count). The monoisotopic (exact) mass is 122 g/mol. The van der Waals surface area contributed by atoms with E-state index in [0.29, 0.717) is 0 Å². The van der Waals surface area contributed by atoms with E-state index < -0.39 is 0 Å². The van der Waals surface area contributed by atoms with Crippen LogP contribution in [0, 0.1) is 0 Å². The van der Waals surface area contributed by atoms with Crippen molar-refractivity contribution in [2.24, 2.45) is 5.10 Å². The molecule has 0 aromatic rings. The highest BCUT2D eigenvalue weighted by Crippen LogP contribution is 2.11. The summed E-state index contributed by atoms with van der Waals surface area (Å²) in [4.78, 5) is 0. The van der Waals surface area contributed by atoms with Crippen LogP contribution in [0.4, 0.5) is 0 Å². The number of nitrogens with one attached hydrogen (secondary N) is 1. The van der Waals surface area contributed by atoms with Crippen LogP contribution in [-0.2, 0) is 0 Å². The predicted molar refractivity (Wildman–Crippen MR) is 39.1 cm³/mol. The first-order chi connectivity index (χ1) is 4.22. The third-order valence-corrected chi connectivity index (χ3v) is 1.50. The molecule has 0 atom stereocenters. The standard InChI is InChI=1S/C7H10N2/c1-5-4-8-9-7(3)6(5)2/h4,9H,3H2,1-2H3. The molecule has 0 amide bonds. The van der Waals surface area contributed by atoms with Gasteiger partial charge in [0.15, 0.2) is 0 Å². The highest BCUT2D eigenvalue weighted by molar-refractivity contribution is 5.81. The number of hydrazone groups is 1. The minimum absolute atomic E-state index is 0.898. The summed E-state index contributed by atoms with van der Waals surface area (Å²) in [6, 6.07) is 0. The molecule has 0 aromatic heterocycles. The van der Waals surface area contributed by atoms with Crippen LogP contribution in [0.25, 0.3) is 0 Å². The molecule has 1 heterocycles. The van der Waals surface area contributed by atoms with Gasteiger partial charge in [-0.15, -0.1) is 0 Å². The van der Waals surface area contributed by atoms with E-state index in [1.54, 1.807) is 6.21 Å². The quantitative estimate of drug-likeness (QED) is 0.516. The first-order valence-electron chi connectivity index (χ1n) is 2.87. The maximum atomic E-state index is 3.86. The van der Waals surface area contributed by atoms with Crippen LogP contribution in [0.1, 0.15) is 13.8 Å². The largest absolute Gasteiger partial charge is 0.279 e. The Morgan fingerprint density at radius 3 is 2.67 bits per heavy atom. The molecule has 0 radical (unpaired) electrons. The van der Waals surface area contributed by atoms with Gasteiger partial charge in [0.05, 0.1) is 11.9 Å². The van der Waals surface area contributed by atoms with E-state index in [4.69, 9.17) is 0 Å². The fourth-order valence-corrected chi connectivity index (χ4v) is 0.626. The van der Waals surface area contributed by atoms with Crippen molar-refractivity contribution in [3.8, 4) is 0 Å². The molecule has 0 aromatic carbocycles. The zero-order chi connectivity index (χ0) is 6.85. The topological polar surface area (TPSA) is 24.4 Å². The number of hydrogen-bond acceptors (Lipinski definition) is 2. The van der Waals surface area contributed by atoms with E-state index >= 15 is 0 Å². The van der Waals surface area contributed by atoms with Gasteiger partial charge < -0.3 is 0 Å². The molecule has 2 heteroatoms. The van der Waals surface area contributed by atoms with Crippen molar-refractivity contribution in [2.45, 2.75) is 13.8 Å². The zero-order valence-electron chi connectivity index (χ0n) is 5.73. The summed E-state index contributed by atoms with van der Waals surface area (Å²) >= 11 is 0. The van der Waals surface area contributed by atoms with Gasteiger partial charge in [0.1, 0.15) is 0 Å². The number of rotatable bonds is 0. The van der Waals surface area contributed by atoms with Gasteiger partial charge in [0, 0.05) is 0 Å².